The molecule has 5 heterocycles. The van der Waals surface area contributed by atoms with E-state index in [-0.39, 0.29) is 5.56 Å². The summed E-state index contributed by atoms with van der Waals surface area (Å²) in [7, 11) is 1.70. The molecule has 2 aromatic carbocycles. The normalized spacial score (nSPS) is 15.2. The number of nitrogens with zero attached hydrogens (tertiary/aromatic N) is 7. The maximum atomic E-state index is 13.4. The number of halogens is 4. The molecule has 1 fully saturated rings. The molecule has 2 N–H and O–H groups in total. The summed E-state index contributed by atoms with van der Waals surface area (Å²) in [4.78, 5) is 15.1. The largest absolute Gasteiger partial charge is 0.433 e. The van der Waals surface area contributed by atoms with Gasteiger partial charge in [-0.05, 0) is 47.5 Å². The van der Waals surface area contributed by atoms with Gasteiger partial charge in [0.2, 0.25) is 0 Å². The SMILES string of the molecule is Cn1cncc1C(O)(c1ccc(C(F)(F)F)nc1)c1ccc2nc(N3CC[OH+]CC3)c(Cc3ccc(-n4cccn4)cc3)c(Cl)c2c1. The Bertz CT molecular complexity index is 2020. The lowest BCUT2D eigenvalue weighted by Crippen LogP contribution is -2.39. The lowest BCUT2D eigenvalue weighted by Gasteiger charge is -2.31. The van der Waals surface area contributed by atoms with Crippen molar-refractivity contribution in [3.63, 3.8) is 0 Å². The molecule has 6 aromatic rings. The van der Waals surface area contributed by atoms with Crippen LogP contribution in [0.25, 0.3) is 16.6 Å². The third-order valence-electron chi connectivity index (χ3n) is 8.51. The summed E-state index contributed by atoms with van der Waals surface area (Å²) in [6.45, 7) is 2.79. The first kappa shape index (κ1) is 30.9. The first-order valence-corrected chi connectivity index (χ1v) is 15.3. The zero-order valence-corrected chi connectivity index (χ0v) is 26.0. The number of fused-ring (bicyclic) bond motifs is 1. The quantitative estimate of drug-likeness (QED) is 0.229. The predicted octanol–water partition coefficient (Wildman–Crippen LogP) is 5.44. The Kier molecular flexibility index (Phi) is 7.95. The average Bonchev–Trinajstić information content (AvgIpc) is 3.79. The highest BCUT2D eigenvalue weighted by atomic mass is 35.5. The van der Waals surface area contributed by atoms with E-state index in [1.807, 2.05) is 36.5 Å². The Morgan fingerprint density at radius 1 is 0.979 bits per heavy atom. The van der Waals surface area contributed by atoms with E-state index in [0.29, 0.717) is 59.9 Å². The summed E-state index contributed by atoms with van der Waals surface area (Å²) in [6, 6.07) is 17.2. The Labute approximate surface area is 272 Å². The molecule has 1 unspecified atom stereocenters. The zero-order valence-electron chi connectivity index (χ0n) is 25.2. The number of aromatic nitrogens is 6. The summed E-state index contributed by atoms with van der Waals surface area (Å²) in [5.74, 6) is 0.773. The van der Waals surface area contributed by atoms with E-state index in [4.69, 9.17) is 16.6 Å². The summed E-state index contributed by atoms with van der Waals surface area (Å²) < 4.78 is 48.0. The van der Waals surface area contributed by atoms with Crippen molar-refractivity contribution in [2.75, 3.05) is 31.2 Å². The van der Waals surface area contributed by atoms with Crippen molar-refractivity contribution in [3.8, 4) is 5.69 Å². The zero-order chi connectivity index (χ0) is 32.8. The number of ether oxygens (including phenoxy) is 1. The molecule has 0 radical (unpaired) electrons. The summed E-state index contributed by atoms with van der Waals surface area (Å²) >= 11 is 7.28. The second-order valence-electron chi connectivity index (χ2n) is 11.4. The highest BCUT2D eigenvalue weighted by Crippen LogP contribution is 2.41. The Morgan fingerprint density at radius 2 is 1.74 bits per heavy atom. The van der Waals surface area contributed by atoms with Gasteiger partial charge in [-0.2, -0.15) is 18.3 Å². The van der Waals surface area contributed by atoms with Crippen molar-refractivity contribution in [1.82, 2.24) is 29.3 Å². The number of aryl methyl sites for hydroxylation is 1. The fourth-order valence-electron chi connectivity index (χ4n) is 6.05. The van der Waals surface area contributed by atoms with Gasteiger partial charge in [0.25, 0.3) is 0 Å². The number of morpholine rings is 1. The maximum absolute atomic E-state index is 13.4. The summed E-state index contributed by atoms with van der Waals surface area (Å²) in [6.07, 6.45) is 3.51. The van der Waals surface area contributed by atoms with Gasteiger partial charge in [-0.15, -0.1) is 0 Å². The van der Waals surface area contributed by atoms with E-state index in [9.17, 15) is 18.3 Å². The van der Waals surface area contributed by atoms with Crippen LogP contribution in [-0.4, -0.2) is 65.4 Å². The van der Waals surface area contributed by atoms with E-state index < -0.39 is 17.5 Å². The Hall–Kier alpha value is -4.78. The second-order valence-corrected chi connectivity index (χ2v) is 11.8. The number of aliphatic hydroxyl groups is 3. The van der Waals surface area contributed by atoms with Crippen molar-refractivity contribution in [1.29, 1.82) is 0 Å². The van der Waals surface area contributed by atoms with Gasteiger partial charge in [0, 0.05) is 48.6 Å². The van der Waals surface area contributed by atoms with Crippen LogP contribution in [0, 0.1) is 0 Å². The minimum absolute atomic E-state index is 0.142. The van der Waals surface area contributed by atoms with Gasteiger partial charge >= 0.3 is 6.18 Å². The van der Waals surface area contributed by atoms with Gasteiger partial charge < -0.3 is 19.3 Å². The monoisotopic (exact) mass is 660 g/mol. The Balaban J connectivity index is 1.36. The van der Waals surface area contributed by atoms with Crippen molar-refractivity contribution in [3.05, 3.63) is 130 Å². The fraction of sp³-hybridized carbons (Fsp3) is 0.235. The molecule has 9 nitrogen and oxygen atoms in total. The second kappa shape index (κ2) is 12.1. The lowest BCUT2D eigenvalue weighted by atomic mass is 9.83. The summed E-state index contributed by atoms with van der Waals surface area (Å²) in [5.41, 5.74) is 1.28. The molecule has 1 atom stereocenters. The number of imidazole rings is 1. The minimum Gasteiger partial charge on any atom is -0.431 e. The molecule has 240 valence electrons. The summed E-state index contributed by atoms with van der Waals surface area (Å²) in [5, 5.41) is 17.8. The molecule has 1 aliphatic heterocycles. The standard InChI is InChI=1S/C34H29ClF3N7O2/c1-43-21-39-20-30(43)33(46,24-6-10-29(40-19-24)34(36,37)38)23-5-9-28-26(18-23)31(35)27(32(42-28)44-13-15-47-16-14-44)17-22-3-7-25(8-4-22)45-12-2-11-41-45/h2-12,18-21,46H,13-17H2,1H3/p+1. The molecular weight excluding hydrogens is 631 g/mol. The van der Waals surface area contributed by atoms with Crippen LogP contribution in [-0.2, 0) is 25.2 Å². The maximum Gasteiger partial charge on any atom is 0.433 e. The molecule has 0 bridgehead atoms. The number of pyridine rings is 2. The van der Waals surface area contributed by atoms with E-state index in [1.165, 1.54) is 18.6 Å². The first-order valence-electron chi connectivity index (χ1n) is 15.0. The predicted molar refractivity (Wildman–Crippen MR) is 172 cm³/mol. The van der Waals surface area contributed by atoms with Crippen molar-refractivity contribution < 1.29 is 23.0 Å². The van der Waals surface area contributed by atoms with Crippen LogP contribution < -0.4 is 4.90 Å². The van der Waals surface area contributed by atoms with E-state index in [2.05, 4.69) is 24.7 Å². The van der Waals surface area contributed by atoms with Crippen molar-refractivity contribution in [2.45, 2.75) is 18.2 Å². The molecule has 47 heavy (non-hydrogen) atoms. The Morgan fingerprint density at radius 3 is 2.38 bits per heavy atom. The third-order valence-corrected chi connectivity index (χ3v) is 8.94. The van der Waals surface area contributed by atoms with Crippen LogP contribution in [0.4, 0.5) is 19.0 Å². The molecule has 13 heteroatoms. The van der Waals surface area contributed by atoms with Crippen LogP contribution in [0.15, 0.2) is 91.8 Å². The topological polar surface area (TPSA) is 97.7 Å². The van der Waals surface area contributed by atoms with Crippen LogP contribution in [0.1, 0.15) is 33.6 Å². The third kappa shape index (κ3) is 5.73. The van der Waals surface area contributed by atoms with Crippen LogP contribution in [0.5, 0.6) is 0 Å². The highest BCUT2D eigenvalue weighted by molar-refractivity contribution is 6.36. The number of alkyl halides is 3. The number of rotatable bonds is 7. The fourth-order valence-corrected chi connectivity index (χ4v) is 6.35. The van der Waals surface area contributed by atoms with Crippen LogP contribution >= 0.6 is 11.6 Å². The molecule has 7 rings (SSSR count). The molecule has 0 aliphatic carbocycles. The van der Waals surface area contributed by atoms with Crippen LogP contribution in [0.2, 0.25) is 5.02 Å². The van der Waals surface area contributed by atoms with Gasteiger partial charge in [-0.25, -0.2) is 14.6 Å². The van der Waals surface area contributed by atoms with Gasteiger partial charge in [0.1, 0.15) is 11.5 Å². The van der Waals surface area contributed by atoms with Gasteiger partial charge in [0.05, 0.1) is 47.5 Å². The molecule has 0 spiro atoms. The lowest BCUT2D eigenvalue weighted by molar-refractivity contribution is -0.141. The molecule has 1 saturated heterocycles. The molecule has 4 aromatic heterocycles. The number of hydrogen-bond acceptors (Lipinski definition) is 6. The van der Waals surface area contributed by atoms with Crippen molar-refractivity contribution >= 4 is 28.3 Å². The van der Waals surface area contributed by atoms with Gasteiger partial charge in [-0.1, -0.05) is 35.9 Å². The molecule has 0 saturated carbocycles. The van der Waals surface area contributed by atoms with Gasteiger partial charge in [-0.3, -0.25) is 4.98 Å². The van der Waals surface area contributed by atoms with E-state index in [0.717, 1.165) is 34.9 Å². The smallest absolute Gasteiger partial charge is 0.431 e. The number of hydrogen-bond donors (Lipinski definition) is 1. The molecular formula is C34H30ClF3N7O2+. The molecule has 1 aliphatic rings. The number of benzene rings is 2. The van der Waals surface area contributed by atoms with E-state index >= 15 is 0 Å². The van der Waals surface area contributed by atoms with E-state index in [1.54, 1.807) is 40.7 Å². The average molecular weight is 661 g/mol. The van der Waals surface area contributed by atoms with Crippen LogP contribution in [0.3, 0.4) is 0 Å². The van der Waals surface area contributed by atoms with Gasteiger partial charge in [0.15, 0.2) is 18.8 Å². The highest BCUT2D eigenvalue weighted by Gasteiger charge is 2.39. The number of anilines is 1. The molecule has 0 amide bonds. The van der Waals surface area contributed by atoms with Crippen molar-refractivity contribution in [2.24, 2.45) is 7.05 Å². The first-order chi connectivity index (χ1) is 22.6. The minimum atomic E-state index is -4.62.